The molecule has 1 aromatic carbocycles. The highest BCUT2D eigenvalue weighted by Gasteiger charge is 2.02. The van der Waals surface area contributed by atoms with Crippen molar-refractivity contribution in [3.8, 4) is 11.8 Å². The molecule has 0 saturated carbocycles. The number of nitrogens with zero attached hydrogens (tertiary/aromatic N) is 1. The van der Waals surface area contributed by atoms with Gasteiger partial charge in [-0.3, -0.25) is 0 Å². The minimum Gasteiger partial charge on any atom is -0.411 e. The molecule has 5 heteroatoms. The molecule has 14 heavy (non-hydrogen) atoms. The first-order chi connectivity index (χ1) is 6.74. The highest BCUT2D eigenvalue weighted by Crippen LogP contribution is 2.23. The van der Waals surface area contributed by atoms with Crippen LogP contribution in [0.5, 0.6) is 11.8 Å². The molecular formula is C9H7BrN2O2. The molecule has 0 amide bonds. The number of benzene rings is 1. The first kappa shape index (κ1) is 9.08. The van der Waals surface area contributed by atoms with Gasteiger partial charge in [0.2, 0.25) is 5.88 Å². The van der Waals surface area contributed by atoms with Gasteiger partial charge in [0.1, 0.15) is 5.75 Å². The standard InChI is InChI=1S/C9H7BrN2O2/c10-6-1-3-7(4-2-6)13-9-12-5-8(11)14-9/h1-5H,11H2. The Morgan fingerprint density at radius 3 is 2.57 bits per heavy atom. The van der Waals surface area contributed by atoms with Crippen LogP contribution in [0, 0.1) is 0 Å². The van der Waals surface area contributed by atoms with Crippen molar-refractivity contribution in [2.75, 3.05) is 5.73 Å². The van der Waals surface area contributed by atoms with Crippen LogP contribution in [0.25, 0.3) is 0 Å². The molecule has 0 unspecified atom stereocenters. The zero-order chi connectivity index (χ0) is 9.97. The Bertz CT molecular complexity index is 425. The molecule has 2 N–H and O–H groups in total. The molecule has 0 saturated heterocycles. The summed E-state index contributed by atoms with van der Waals surface area (Å²) in [5, 5.41) is 0. The van der Waals surface area contributed by atoms with Gasteiger partial charge in [0, 0.05) is 4.47 Å². The van der Waals surface area contributed by atoms with Crippen molar-refractivity contribution in [1.29, 1.82) is 0 Å². The Balaban J connectivity index is 2.15. The molecule has 1 aromatic heterocycles. The van der Waals surface area contributed by atoms with E-state index in [4.69, 9.17) is 14.9 Å². The van der Waals surface area contributed by atoms with Crippen LogP contribution in [0.2, 0.25) is 0 Å². The van der Waals surface area contributed by atoms with Crippen molar-refractivity contribution in [2.24, 2.45) is 0 Å². The molecule has 0 fully saturated rings. The number of oxazole rings is 1. The van der Waals surface area contributed by atoms with Gasteiger partial charge in [0.05, 0.1) is 6.20 Å². The van der Waals surface area contributed by atoms with Crippen LogP contribution in [0.4, 0.5) is 5.88 Å². The lowest BCUT2D eigenvalue weighted by molar-refractivity contribution is 0.337. The van der Waals surface area contributed by atoms with Crippen LogP contribution in [0.15, 0.2) is 39.4 Å². The summed E-state index contributed by atoms with van der Waals surface area (Å²) in [5.74, 6) is 0.882. The van der Waals surface area contributed by atoms with Gasteiger partial charge < -0.3 is 14.9 Å². The van der Waals surface area contributed by atoms with E-state index in [0.717, 1.165) is 4.47 Å². The molecule has 0 aliphatic heterocycles. The maximum Gasteiger partial charge on any atom is 0.400 e. The number of hydrogen-bond donors (Lipinski definition) is 1. The molecule has 0 aliphatic rings. The molecule has 0 bridgehead atoms. The zero-order valence-electron chi connectivity index (χ0n) is 7.11. The maximum atomic E-state index is 5.34. The van der Waals surface area contributed by atoms with Crippen LogP contribution in [0.1, 0.15) is 0 Å². The second-order valence-corrected chi connectivity index (χ2v) is 3.50. The van der Waals surface area contributed by atoms with Gasteiger partial charge in [-0.15, -0.1) is 0 Å². The van der Waals surface area contributed by atoms with Crippen LogP contribution < -0.4 is 10.5 Å². The minimum atomic E-state index is 0.143. The van der Waals surface area contributed by atoms with E-state index in [1.54, 1.807) is 12.1 Å². The van der Waals surface area contributed by atoms with Gasteiger partial charge in [-0.25, -0.2) is 0 Å². The Labute approximate surface area is 88.8 Å². The number of anilines is 1. The molecular weight excluding hydrogens is 248 g/mol. The summed E-state index contributed by atoms with van der Waals surface area (Å²) in [5.41, 5.74) is 5.34. The summed E-state index contributed by atoms with van der Waals surface area (Å²) in [6.45, 7) is 0. The van der Waals surface area contributed by atoms with E-state index in [0.29, 0.717) is 5.75 Å². The first-order valence-electron chi connectivity index (χ1n) is 3.89. The quantitative estimate of drug-likeness (QED) is 0.896. The van der Waals surface area contributed by atoms with Gasteiger partial charge in [0.15, 0.2) is 0 Å². The molecule has 72 valence electrons. The van der Waals surface area contributed by atoms with Crippen molar-refractivity contribution in [2.45, 2.75) is 0 Å². The molecule has 0 radical (unpaired) electrons. The Morgan fingerprint density at radius 2 is 2.00 bits per heavy atom. The summed E-state index contributed by atoms with van der Waals surface area (Å²) >= 11 is 3.32. The van der Waals surface area contributed by atoms with Crippen molar-refractivity contribution >= 4 is 21.8 Å². The van der Waals surface area contributed by atoms with Crippen LogP contribution >= 0.6 is 15.9 Å². The fourth-order valence-electron chi connectivity index (χ4n) is 0.920. The molecule has 0 aliphatic carbocycles. The van der Waals surface area contributed by atoms with Crippen molar-refractivity contribution in [1.82, 2.24) is 4.98 Å². The van der Waals surface area contributed by atoms with Crippen LogP contribution in [-0.2, 0) is 0 Å². The predicted octanol–water partition coefficient (Wildman–Crippen LogP) is 2.81. The number of halogens is 1. The Hall–Kier alpha value is -1.49. The third-order valence-electron chi connectivity index (χ3n) is 1.52. The number of rotatable bonds is 2. The largest absolute Gasteiger partial charge is 0.411 e. The highest BCUT2D eigenvalue weighted by molar-refractivity contribution is 9.10. The number of aromatic nitrogens is 1. The molecule has 0 atom stereocenters. The monoisotopic (exact) mass is 254 g/mol. The van der Waals surface area contributed by atoms with Crippen LogP contribution in [0.3, 0.4) is 0 Å². The summed E-state index contributed by atoms with van der Waals surface area (Å²) in [7, 11) is 0. The second-order valence-electron chi connectivity index (χ2n) is 2.58. The van der Waals surface area contributed by atoms with Crippen molar-refractivity contribution in [3.63, 3.8) is 0 Å². The Kier molecular flexibility index (Phi) is 2.41. The van der Waals surface area contributed by atoms with Crippen molar-refractivity contribution < 1.29 is 9.15 Å². The van der Waals surface area contributed by atoms with Gasteiger partial charge in [0.25, 0.3) is 0 Å². The van der Waals surface area contributed by atoms with Crippen LogP contribution in [-0.4, -0.2) is 4.98 Å². The average Bonchev–Trinajstić information content (AvgIpc) is 2.56. The molecule has 4 nitrogen and oxygen atoms in total. The number of ether oxygens (including phenoxy) is 1. The molecule has 2 rings (SSSR count). The summed E-state index contributed by atoms with van der Waals surface area (Å²) in [6, 6.07) is 7.32. The fourth-order valence-corrected chi connectivity index (χ4v) is 1.18. The number of nitrogens with two attached hydrogens (primary N) is 1. The predicted molar refractivity (Wildman–Crippen MR) is 55.1 cm³/mol. The molecule has 1 heterocycles. The molecule has 0 spiro atoms. The summed E-state index contributed by atoms with van der Waals surface area (Å²) in [4.78, 5) is 3.81. The van der Waals surface area contributed by atoms with Crippen molar-refractivity contribution in [3.05, 3.63) is 34.9 Å². The number of hydrogen-bond acceptors (Lipinski definition) is 4. The van der Waals surface area contributed by atoms with Gasteiger partial charge in [-0.05, 0) is 24.3 Å². The van der Waals surface area contributed by atoms with Gasteiger partial charge in [-0.1, -0.05) is 15.9 Å². The first-order valence-corrected chi connectivity index (χ1v) is 4.68. The lowest BCUT2D eigenvalue weighted by Gasteiger charge is -1.99. The SMILES string of the molecule is Nc1cnc(Oc2ccc(Br)cc2)o1. The van der Waals surface area contributed by atoms with Gasteiger partial charge in [-0.2, -0.15) is 4.98 Å². The zero-order valence-corrected chi connectivity index (χ0v) is 8.69. The van der Waals surface area contributed by atoms with Gasteiger partial charge >= 0.3 is 6.08 Å². The van der Waals surface area contributed by atoms with E-state index in [9.17, 15) is 0 Å². The highest BCUT2D eigenvalue weighted by atomic mass is 79.9. The maximum absolute atomic E-state index is 5.34. The molecule has 2 aromatic rings. The second kappa shape index (κ2) is 3.71. The topological polar surface area (TPSA) is 61.3 Å². The van der Waals surface area contributed by atoms with E-state index >= 15 is 0 Å². The summed E-state index contributed by atoms with van der Waals surface area (Å²) < 4.78 is 11.2. The fraction of sp³-hybridized carbons (Fsp3) is 0. The third-order valence-corrected chi connectivity index (χ3v) is 2.05. The normalized spacial score (nSPS) is 10.1. The average molecular weight is 255 g/mol. The van der Waals surface area contributed by atoms with E-state index in [-0.39, 0.29) is 12.0 Å². The van der Waals surface area contributed by atoms with E-state index in [1.165, 1.54) is 6.20 Å². The summed E-state index contributed by atoms with van der Waals surface area (Å²) in [6.07, 6.45) is 1.54. The minimum absolute atomic E-state index is 0.143. The lowest BCUT2D eigenvalue weighted by Crippen LogP contribution is -1.82. The smallest absolute Gasteiger partial charge is 0.400 e. The van der Waals surface area contributed by atoms with E-state index in [2.05, 4.69) is 20.9 Å². The number of nitrogen functional groups attached to an aromatic ring is 1. The Morgan fingerprint density at radius 1 is 1.29 bits per heavy atom. The third kappa shape index (κ3) is 2.05. The lowest BCUT2D eigenvalue weighted by atomic mass is 10.3. The van der Waals surface area contributed by atoms with E-state index in [1.807, 2.05) is 12.1 Å². The van der Waals surface area contributed by atoms with E-state index < -0.39 is 0 Å².